The minimum atomic E-state index is -0.148. The number of carbonyl (C=O) groups excluding carboxylic acids is 3. The predicted octanol–water partition coefficient (Wildman–Crippen LogP) is 12.0. The molecule has 3 aliphatic rings. The summed E-state index contributed by atoms with van der Waals surface area (Å²) in [5, 5.41) is 17.1. The molecular formula is C78H81N15O9S3. The molecule has 540 valence electrons. The van der Waals surface area contributed by atoms with Crippen LogP contribution in [0.15, 0.2) is 73.6 Å². The molecule has 3 aliphatic heterocycles. The molecule has 3 amide bonds. The average Bonchev–Trinajstić information content (AvgIpc) is 1.59. The van der Waals surface area contributed by atoms with Crippen LogP contribution in [0.2, 0.25) is 0 Å². The highest BCUT2D eigenvalue weighted by Crippen LogP contribution is 2.51. The SMILES string of the molecule is CC#CC(=O)N1CCC(c2c(COC)c(-c3cc4cc(C)cc(OC)c4s3)c3c(N)ncnn23)C1.CC#CC(=O)N1CC[C@@H](c2c(COC)c(-c3cc4cc(C)cc(OC)c4s3)c3c(N)ncnn23)C1.CC#CC(=O)N1CC[C@H](c2c(COC)c(-c3cc4cc(C)cc(OC)c4s3)c3c(N)ncnn23)C1. The molecule has 0 bridgehead atoms. The fourth-order valence-corrected chi connectivity index (χ4v) is 18.8. The molecule has 0 aliphatic carbocycles. The molecule has 12 heterocycles. The van der Waals surface area contributed by atoms with E-state index in [4.69, 9.17) is 45.6 Å². The summed E-state index contributed by atoms with van der Waals surface area (Å²) in [6.45, 7) is 16.0. The Morgan fingerprint density at radius 1 is 0.438 bits per heavy atom. The molecule has 9 aromatic heterocycles. The van der Waals surface area contributed by atoms with Gasteiger partial charge in [0.2, 0.25) is 0 Å². The van der Waals surface area contributed by atoms with Crippen LogP contribution in [-0.4, -0.2) is 158 Å². The summed E-state index contributed by atoms with van der Waals surface area (Å²) in [5.74, 6) is 19.6. The van der Waals surface area contributed by atoms with Crippen LogP contribution in [0.3, 0.4) is 0 Å². The van der Waals surface area contributed by atoms with Crippen LogP contribution >= 0.6 is 34.0 Å². The van der Waals surface area contributed by atoms with E-state index in [1.165, 1.54) is 19.0 Å². The minimum Gasteiger partial charge on any atom is -0.495 e. The highest BCUT2D eigenvalue weighted by molar-refractivity contribution is 7.23. The van der Waals surface area contributed by atoms with Crippen LogP contribution in [0.1, 0.15) is 108 Å². The molecule has 105 heavy (non-hydrogen) atoms. The highest BCUT2D eigenvalue weighted by atomic mass is 32.1. The van der Waals surface area contributed by atoms with Gasteiger partial charge in [0.05, 0.1) is 72.3 Å². The van der Waals surface area contributed by atoms with Crippen molar-refractivity contribution in [3.8, 4) is 84.1 Å². The predicted molar refractivity (Wildman–Crippen MR) is 413 cm³/mol. The smallest absolute Gasteiger partial charge is 0.298 e. The van der Waals surface area contributed by atoms with E-state index in [1.807, 2.05) is 31.7 Å². The van der Waals surface area contributed by atoms with E-state index in [0.29, 0.717) is 76.5 Å². The summed E-state index contributed by atoms with van der Waals surface area (Å²) in [7, 11) is 10.1. The van der Waals surface area contributed by atoms with Gasteiger partial charge in [-0.25, -0.2) is 28.5 Å². The first kappa shape index (κ1) is 72.5. The van der Waals surface area contributed by atoms with Gasteiger partial charge in [-0.15, -0.1) is 34.0 Å². The molecule has 24 nitrogen and oxygen atoms in total. The van der Waals surface area contributed by atoms with E-state index in [0.717, 1.165) is 165 Å². The van der Waals surface area contributed by atoms with Gasteiger partial charge in [0.25, 0.3) is 17.7 Å². The lowest BCUT2D eigenvalue weighted by molar-refractivity contribution is -0.124. The van der Waals surface area contributed by atoms with Gasteiger partial charge in [0, 0.05) is 126 Å². The zero-order chi connectivity index (χ0) is 74.1. The second-order valence-electron chi connectivity index (χ2n) is 26.1. The monoisotopic (exact) mass is 1470 g/mol. The first-order chi connectivity index (χ1) is 50.9. The molecule has 0 saturated carbocycles. The van der Waals surface area contributed by atoms with Gasteiger partial charge in [-0.2, -0.15) is 15.3 Å². The fraction of sp³-hybridized carbons (Fsp3) is 0.346. The van der Waals surface area contributed by atoms with Gasteiger partial charge in [-0.05, 0) is 148 Å². The number of hydrogen-bond donors (Lipinski definition) is 3. The van der Waals surface area contributed by atoms with Crippen molar-refractivity contribution in [2.75, 3.05) is 99.1 Å². The molecule has 6 N–H and O–H groups in total. The number of aromatic nitrogens is 9. The summed E-state index contributed by atoms with van der Waals surface area (Å²) in [5.41, 5.74) is 34.0. The largest absolute Gasteiger partial charge is 0.495 e. The molecule has 3 saturated heterocycles. The summed E-state index contributed by atoms with van der Waals surface area (Å²) in [4.78, 5) is 58.7. The van der Waals surface area contributed by atoms with Gasteiger partial charge in [0.1, 0.15) is 52.8 Å². The Bertz CT molecular complexity index is 5070. The Labute approximate surface area is 619 Å². The number of hydrogen-bond acceptors (Lipinski definition) is 21. The maximum absolute atomic E-state index is 12.4. The van der Waals surface area contributed by atoms with Crippen LogP contribution in [0.4, 0.5) is 17.5 Å². The van der Waals surface area contributed by atoms with Crippen molar-refractivity contribution in [2.24, 2.45) is 0 Å². The molecule has 0 spiro atoms. The van der Waals surface area contributed by atoms with Crippen molar-refractivity contribution in [2.45, 2.75) is 98.4 Å². The standard InChI is InChI=1S/3C26H27N5O3S/c3*1-5-6-21(32)30-8-7-16(12-30)23-18(13-33-3)22(24-26(27)28-14-29-31(23)24)20-11-17-9-15(2)10-19(34-4)25(17)35-20/h3*9-11,14,16H,7-8,12-13H2,1-4H3,(H2,27,28,29)/t2*16-;/m10./s1. The van der Waals surface area contributed by atoms with Crippen molar-refractivity contribution in [3.05, 3.63) is 124 Å². The highest BCUT2D eigenvalue weighted by Gasteiger charge is 2.38. The first-order valence-corrected chi connectivity index (χ1v) is 36.6. The van der Waals surface area contributed by atoms with E-state index in [2.05, 4.69) is 123 Å². The third kappa shape index (κ3) is 13.7. The van der Waals surface area contributed by atoms with Gasteiger partial charge in [-0.1, -0.05) is 36.0 Å². The second kappa shape index (κ2) is 30.9. The maximum Gasteiger partial charge on any atom is 0.298 e. The van der Waals surface area contributed by atoms with E-state index in [1.54, 1.807) is 112 Å². The molecular weight excluding hydrogens is 1390 g/mol. The van der Waals surface area contributed by atoms with Crippen LogP contribution in [0.25, 0.3) is 78.1 Å². The molecule has 1 unspecified atom stereocenters. The summed E-state index contributed by atoms with van der Waals surface area (Å²) in [6.07, 6.45) is 6.85. The van der Waals surface area contributed by atoms with Crippen LogP contribution in [0, 0.1) is 56.3 Å². The lowest BCUT2D eigenvalue weighted by Crippen LogP contribution is -2.27. The minimum absolute atomic E-state index is 0.0736. The maximum atomic E-state index is 12.4. The number of aryl methyl sites for hydroxylation is 3. The topological polar surface area (TPSA) is 285 Å². The molecule has 0 radical (unpaired) electrons. The summed E-state index contributed by atoms with van der Waals surface area (Å²) < 4.78 is 43.0. The number of anilines is 3. The Kier molecular flexibility index (Phi) is 21.3. The van der Waals surface area contributed by atoms with Crippen molar-refractivity contribution >= 4 is 116 Å². The van der Waals surface area contributed by atoms with Crippen LogP contribution < -0.4 is 31.4 Å². The van der Waals surface area contributed by atoms with Gasteiger partial charge >= 0.3 is 0 Å². The fourth-order valence-electron chi connectivity index (χ4n) is 15.2. The van der Waals surface area contributed by atoms with Crippen molar-refractivity contribution in [1.82, 2.24) is 58.5 Å². The quantitative estimate of drug-likeness (QED) is 0.0804. The van der Waals surface area contributed by atoms with E-state index in [9.17, 15) is 14.4 Å². The number of nitrogens with two attached hydrogens (primary N) is 3. The summed E-state index contributed by atoms with van der Waals surface area (Å²) in [6, 6.07) is 19.1. The zero-order valence-corrected chi connectivity index (χ0v) is 63.1. The van der Waals surface area contributed by atoms with Gasteiger partial charge < -0.3 is 60.3 Å². The molecule has 12 aromatic rings. The molecule has 27 heteroatoms. The number of rotatable bonds is 15. The van der Waals surface area contributed by atoms with Crippen LogP contribution in [-0.2, 0) is 48.4 Å². The lowest BCUT2D eigenvalue weighted by Gasteiger charge is -2.15. The second-order valence-corrected chi connectivity index (χ2v) is 29.2. The number of fused-ring (bicyclic) bond motifs is 6. The van der Waals surface area contributed by atoms with E-state index in [-0.39, 0.29) is 35.5 Å². The Morgan fingerprint density at radius 3 is 0.962 bits per heavy atom. The van der Waals surface area contributed by atoms with Crippen LogP contribution in [0.5, 0.6) is 17.2 Å². The first-order valence-electron chi connectivity index (χ1n) is 34.2. The molecule has 3 fully saturated rings. The Hall–Kier alpha value is -10.8. The molecule has 15 rings (SSSR count). The van der Waals surface area contributed by atoms with Gasteiger partial charge in [0.15, 0.2) is 17.5 Å². The number of benzene rings is 3. The number of ether oxygens (including phenoxy) is 6. The van der Waals surface area contributed by atoms with Crippen molar-refractivity contribution in [3.63, 3.8) is 0 Å². The number of nitrogens with zero attached hydrogens (tertiary/aromatic N) is 12. The summed E-state index contributed by atoms with van der Waals surface area (Å²) >= 11 is 4.96. The number of carbonyl (C=O) groups is 3. The Morgan fingerprint density at radius 2 is 0.714 bits per heavy atom. The van der Waals surface area contributed by atoms with Gasteiger partial charge in [-0.3, -0.25) is 14.4 Å². The van der Waals surface area contributed by atoms with Crippen molar-refractivity contribution < 1.29 is 42.8 Å². The number of thiophene rings is 3. The molecule has 3 atom stereocenters. The zero-order valence-electron chi connectivity index (χ0n) is 60.6. The van der Waals surface area contributed by atoms with Crippen molar-refractivity contribution in [1.29, 1.82) is 0 Å². The third-order valence-corrected chi connectivity index (χ3v) is 23.0. The third-order valence-electron chi connectivity index (χ3n) is 19.4. The average molecular weight is 1470 g/mol. The lowest BCUT2D eigenvalue weighted by atomic mass is 9.98. The number of amides is 3. The normalized spacial score (nSPS) is 15.5. The van der Waals surface area contributed by atoms with E-state index < -0.39 is 0 Å². The molecule has 3 aromatic carbocycles. The Balaban J connectivity index is 0.000000140. The number of methoxy groups -OCH3 is 6. The van der Waals surface area contributed by atoms with E-state index >= 15 is 0 Å². The number of nitrogen functional groups attached to an aromatic ring is 3. The number of likely N-dealkylation sites (tertiary alicyclic amines) is 3.